The van der Waals surface area contributed by atoms with E-state index in [1.807, 2.05) is 42.4 Å². The predicted molar refractivity (Wildman–Crippen MR) is 148 cm³/mol. The van der Waals surface area contributed by atoms with Crippen molar-refractivity contribution in [3.8, 4) is 22.0 Å². The minimum Gasteiger partial charge on any atom is -0.387 e. The molecule has 0 saturated carbocycles. The largest absolute Gasteiger partial charge is 0.387 e. The van der Waals surface area contributed by atoms with Crippen molar-refractivity contribution in [1.82, 2.24) is 35.0 Å². The van der Waals surface area contributed by atoms with Crippen LogP contribution in [-0.4, -0.2) is 81.9 Å². The molecule has 4 aromatic rings. The molecule has 4 aromatic heterocycles. The van der Waals surface area contributed by atoms with Gasteiger partial charge in [-0.15, -0.1) is 10.2 Å². The summed E-state index contributed by atoms with van der Waals surface area (Å²) in [7, 11) is 1.88. The molecule has 38 heavy (non-hydrogen) atoms. The monoisotopic (exact) mass is 528 g/mol. The van der Waals surface area contributed by atoms with E-state index >= 15 is 0 Å². The SMILES string of the molecule is [C-]#[N+]c1cnn2c(-c3cc(NC)c(-c4nnc(N5CCC(C(=O)N6CCNCC6)CC5)s4)cn3)ccc2c1. The van der Waals surface area contributed by atoms with Gasteiger partial charge in [0.15, 0.2) is 5.01 Å². The molecule has 0 aliphatic carbocycles. The lowest BCUT2D eigenvalue weighted by Gasteiger charge is -2.35. The number of piperazine rings is 1. The first-order valence-corrected chi connectivity index (χ1v) is 13.6. The van der Waals surface area contributed by atoms with Gasteiger partial charge in [0.2, 0.25) is 16.7 Å². The van der Waals surface area contributed by atoms with Crippen LogP contribution in [0.4, 0.5) is 16.5 Å². The molecule has 2 aliphatic rings. The topological polar surface area (TPSA) is 108 Å². The number of pyridine rings is 1. The lowest BCUT2D eigenvalue weighted by Crippen LogP contribution is -2.50. The van der Waals surface area contributed by atoms with Crippen LogP contribution < -0.4 is 15.5 Å². The lowest BCUT2D eigenvalue weighted by molar-refractivity contribution is -0.136. The first kappa shape index (κ1) is 24.3. The molecular weight excluding hydrogens is 500 g/mol. The molecule has 0 atom stereocenters. The van der Waals surface area contributed by atoms with Crippen LogP contribution in [0.5, 0.6) is 0 Å². The van der Waals surface area contributed by atoms with Gasteiger partial charge in [0.1, 0.15) is 0 Å². The van der Waals surface area contributed by atoms with Crippen LogP contribution >= 0.6 is 11.3 Å². The van der Waals surface area contributed by atoms with Crippen molar-refractivity contribution < 1.29 is 4.79 Å². The van der Waals surface area contributed by atoms with Crippen LogP contribution in [0.15, 0.2) is 36.7 Å². The van der Waals surface area contributed by atoms with Gasteiger partial charge in [0.05, 0.1) is 35.2 Å². The summed E-state index contributed by atoms with van der Waals surface area (Å²) in [5.41, 5.74) is 4.73. The highest BCUT2D eigenvalue weighted by Gasteiger charge is 2.30. The molecule has 2 fully saturated rings. The molecule has 194 valence electrons. The van der Waals surface area contributed by atoms with Gasteiger partial charge in [-0.1, -0.05) is 11.3 Å². The van der Waals surface area contributed by atoms with E-state index in [1.54, 1.807) is 22.0 Å². The van der Waals surface area contributed by atoms with Gasteiger partial charge in [-0.25, -0.2) is 9.36 Å². The van der Waals surface area contributed by atoms with E-state index in [9.17, 15) is 4.79 Å². The number of nitrogens with one attached hydrogen (secondary N) is 2. The summed E-state index contributed by atoms with van der Waals surface area (Å²) < 4.78 is 1.79. The highest BCUT2D eigenvalue weighted by Crippen LogP contribution is 2.36. The van der Waals surface area contributed by atoms with Crippen molar-refractivity contribution in [3.63, 3.8) is 0 Å². The minimum absolute atomic E-state index is 0.0944. The number of carbonyl (C=O) groups is 1. The summed E-state index contributed by atoms with van der Waals surface area (Å²) >= 11 is 1.54. The van der Waals surface area contributed by atoms with Gasteiger partial charge in [0, 0.05) is 64.1 Å². The first-order chi connectivity index (χ1) is 18.6. The van der Waals surface area contributed by atoms with Crippen molar-refractivity contribution in [2.24, 2.45) is 5.92 Å². The lowest BCUT2D eigenvalue weighted by atomic mass is 9.95. The highest BCUT2D eigenvalue weighted by molar-refractivity contribution is 7.18. The number of rotatable bonds is 5. The Morgan fingerprint density at radius 3 is 2.71 bits per heavy atom. The van der Waals surface area contributed by atoms with Gasteiger partial charge in [-0.3, -0.25) is 9.78 Å². The molecule has 0 aromatic carbocycles. The number of hydrogen-bond acceptors (Lipinski definition) is 9. The van der Waals surface area contributed by atoms with Crippen LogP contribution in [0.25, 0.3) is 32.3 Å². The summed E-state index contributed by atoms with van der Waals surface area (Å²) in [5.74, 6) is 0.392. The van der Waals surface area contributed by atoms with E-state index < -0.39 is 0 Å². The summed E-state index contributed by atoms with van der Waals surface area (Å²) in [6, 6.07) is 7.68. The maximum atomic E-state index is 12.9. The third-order valence-corrected chi connectivity index (χ3v) is 8.26. The van der Waals surface area contributed by atoms with Gasteiger partial charge in [-0.05, 0) is 37.1 Å². The zero-order valence-corrected chi connectivity index (χ0v) is 21.9. The zero-order chi connectivity index (χ0) is 26.1. The molecule has 2 saturated heterocycles. The third-order valence-electron chi connectivity index (χ3n) is 7.24. The Bertz CT molecular complexity index is 1510. The number of hydrogen-bond donors (Lipinski definition) is 2. The van der Waals surface area contributed by atoms with Crippen LogP contribution in [0.3, 0.4) is 0 Å². The van der Waals surface area contributed by atoms with Crippen LogP contribution in [0, 0.1) is 12.5 Å². The maximum absolute atomic E-state index is 12.9. The molecule has 0 radical (unpaired) electrons. The average molecular weight is 529 g/mol. The number of piperidine rings is 1. The number of carbonyl (C=O) groups excluding carboxylic acids is 1. The van der Waals surface area contributed by atoms with Gasteiger partial charge < -0.3 is 20.4 Å². The average Bonchev–Trinajstić information content (AvgIpc) is 3.64. The molecule has 12 heteroatoms. The van der Waals surface area contributed by atoms with Crippen molar-refractivity contribution in [2.75, 3.05) is 56.5 Å². The van der Waals surface area contributed by atoms with E-state index in [4.69, 9.17) is 11.6 Å². The number of anilines is 2. The Morgan fingerprint density at radius 1 is 1.13 bits per heavy atom. The van der Waals surface area contributed by atoms with E-state index in [-0.39, 0.29) is 5.92 Å². The minimum atomic E-state index is 0.0944. The van der Waals surface area contributed by atoms with Crippen molar-refractivity contribution >= 4 is 39.3 Å². The molecule has 0 unspecified atom stereocenters. The molecule has 0 spiro atoms. The Kier molecular flexibility index (Phi) is 6.61. The highest BCUT2D eigenvalue weighted by atomic mass is 32.1. The second kappa shape index (κ2) is 10.4. The van der Waals surface area contributed by atoms with E-state index in [0.717, 1.165) is 90.4 Å². The summed E-state index contributed by atoms with van der Waals surface area (Å²) in [6.07, 6.45) is 5.05. The fourth-order valence-corrected chi connectivity index (χ4v) is 6.05. The van der Waals surface area contributed by atoms with Crippen LogP contribution in [0.2, 0.25) is 0 Å². The third kappa shape index (κ3) is 4.55. The van der Waals surface area contributed by atoms with Gasteiger partial charge in [0.25, 0.3) is 0 Å². The Labute approximate surface area is 224 Å². The van der Waals surface area contributed by atoms with E-state index in [1.165, 1.54) is 0 Å². The van der Waals surface area contributed by atoms with Crippen molar-refractivity contribution in [2.45, 2.75) is 12.8 Å². The van der Waals surface area contributed by atoms with Crippen LogP contribution in [0.1, 0.15) is 12.8 Å². The smallest absolute Gasteiger partial charge is 0.225 e. The maximum Gasteiger partial charge on any atom is 0.225 e. The second-order valence-electron chi connectivity index (χ2n) is 9.47. The van der Waals surface area contributed by atoms with Crippen molar-refractivity contribution in [1.29, 1.82) is 0 Å². The number of amides is 1. The fourth-order valence-electron chi connectivity index (χ4n) is 5.13. The predicted octanol–water partition coefficient (Wildman–Crippen LogP) is 3.16. The van der Waals surface area contributed by atoms with Crippen molar-refractivity contribution in [3.05, 3.63) is 48.1 Å². The molecule has 6 rings (SSSR count). The quantitative estimate of drug-likeness (QED) is 0.381. The molecule has 2 aliphatic heterocycles. The fraction of sp³-hybridized carbons (Fsp3) is 0.385. The Hall–Kier alpha value is -4.08. The molecular formula is C26H28N10OS. The number of fused-ring (bicyclic) bond motifs is 1. The number of aromatic nitrogens is 5. The Balaban J connectivity index is 1.17. The molecule has 0 bridgehead atoms. The molecule has 11 nitrogen and oxygen atoms in total. The normalized spacial score (nSPS) is 16.5. The molecule has 1 amide bonds. The molecule has 2 N–H and O–H groups in total. The second-order valence-corrected chi connectivity index (χ2v) is 10.4. The van der Waals surface area contributed by atoms with Gasteiger partial charge >= 0.3 is 0 Å². The zero-order valence-electron chi connectivity index (χ0n) is 21.1. The standard InChI is InChI=1S/C26H28N10OS/c1-27-18-13-19-3-4-23(36(19)31-15-18)22-14-21(28-2)20(16-30-22)24-32-33-26(38-24)35-9-5-17(6-10-35)25(37)34-11-7-29-8-12-34/h3-4,13-17,29H,5-12H2,2H3,(H,28,30). The molecule has 6 heterocycles. The Morgan fingerprint density at radius 2 is 1.95 bits per heavy atom. The number of nitrogens with zero attached hydrogens (tertiary/aromatic N) is 8. The van der Waals surface area contributed by atoms with Crippen LogP contribution in [-0.2, 0) is 4.79 Å². The first-order valence-electron chi connectivity index (χ1n) is 12.8. The summed E-state index contributed by atoms with van der Waals surface area (Å²) in [4.78, 5) is 25.3. The van der Waals surface area contributed by atoms with Gasteiger partial charge in [-0.2, -0.15) is 5.10 Å². The summed E-state index contributed by atoms with van der Waals surface area (Å²) in [5, 5.41) is 21.6. The summed E-state index contributed by atoms with van der Waals surface area (Å²) in [6.45, 7) is 12.2. The van der Waals surface area contributed by atoms with E-state index in [2.05, 4.69) is 35.7 Å². The van der Waals surface area contributed by atoms with E-state index in [0.29, 0.717) is 11.6 Å².